The summed E-state index contributed by atoms with van der Waals surface area (Å²) in [6.07, 6.45) is 0. The lowest BCUT2D eigenvalue weighted by Crippen LogP contribution is -2.50. The molecular weight excluding hydrogens is 687 g/mol. The molecule has 0 spiro atoms. The van der Waals surface area contributed by atoms with Crippen molar-refractivity contribution >= 4 is 79.6 Å². The molecule has 1 rings (SSSR count). The Morgan fingerprint density at radius 1 is 1.00 bits per heavy atom. The molecule has 26 heavy (non-hydrogen) atoms. The van der Waals surface area contributed by atoms with Crippen LogP contribution in [0.15, 0.2) is 6.07 Å². The topological polar surface area (TPSA) is 156 Å². The van der Waals surface area contributed by atoms with Crippen molar-refractivity contribution in [2.24, 2.45) is 5.84 Å². The van der Waals surface area contributed by atoms with Crippen LogP contribution in [-0.4, -0.2) is 75.8 Å². The van der Waals surface area contributed by atoms with E-state index in [9.17, 15) is 19.8 Å². The van der Waals surface area contributed by atoms with Crippen LogP contribution in [-0.2, 0) is 0 Å². The molecule has 7 N–H and O–H groups in total. The average molecular weight is 705 g/mol. The molecule has 9 nitrogen and oxygen atoms in total. The molecule has 0 bridgehead atoms. The maximum atomic E-state index is 12.7. The van der Waals surface area contributed by atoms with Crippen molar-refractivity contribution in [1.29, 1.82) is 0 Å². The minimum Gasteiger partial charge on any atom is -0.394 e. The number of aliphatic hydroxyl groups excluding tert-OH is 4. The highest BCUT2D eigenvalue weighted by Gasteiger charge is 2.29. The SMILES string of the molecule is NN(C(=O)c1c(I)cc(I)c(C(=O)NC(CO)CO)c1I)C(CO)CO. The fourth-order valence-electron chi connectivity index (χ4n) is 1.93. The van der Waals surface area contributed by atoms with Crippen molar-refractivity contribution in [3.05, 3.63) is 27.9 Å². The molecule has 0 atom stereocenters. The molecule has 0 radical (unpaired) electrons. The van der Waals surface area contributed by atoms with Crippen LogP contribution in [0.2, 0.25) is 0 Å². The summed E-state index contributed by atoms with van der Waals surface area (Å²) in [4.78, 5) is 25.3. The van der Waals surface area contributed by atoms with Gasteiger partial charge in [-0.15, -0.1) is 0 Å². The lowest BCUT2D eigenvalue weighted by Gasteiger charge is -2.26. The van der Waals surface area contributed by atoms with Gasteiger partial charge in [0.2, 0.25) is 0 Å². The number of nitrogens with two attached hydrogens (primary N) is 1. The number of rotatable bonds is 8. The van der Waals surface area contributed by atoms with Gasteiger partial charge in [0.1, 0.15) is 0 Å². The number of amides is 2. The summed E-state index contributed by atoms with van der Waals surface area (Å²) in [5.74, 6) is 4.52. The van der Waals surface area contributed by atoms with Gasteiger partial charge in [0.15, 0.2) is 0 Å². The van der Waals surface area contributed by atoms with E-state index < -0.39 is 50.3 Å². The Morgan fingerprint density at radius 3 is 1.96 bits per heavy atom. The second kappa shape index (κ2) is 11.2. The zero-order valence-corrected chi connectivity index (χ0v) is 19.8. The van der Waals surface area contributed by atoms with Crippen LogP contribution in [0, 0.1) is 10.7 Å². The minimum atomic E-state index is -0.973. The third-order valence-corrected chi connectivity index (χ3v) is 6.22. The van der Waals surface area contributed by atoms with Gasteiger partial charge >= 0.3 is 0 Å². The van der Waals surface area contributed by atoms with E-state index in [-0.39, 0.29) is 11.1 Å². The molecule has 0 heterocycles. The summed E-state index contributed by atoms with van der Waals surface area (Å²) >= 11 is 5.74. The number of hydrazine groups is 1. The Bertz CT molecular complexity index is 668. The molecule has 2 amide bonds. The number of aliphatic hydroxyl groups is 4. The summed E-state index contributed by atoms with van der Waals surface area (Å²) < 4.78 is 1.45. The molecular formula is C14H18I3N3O6. The molecule has 1 aromatic rings. The third kappa shape index (κ3) is 5.58. The second-order valence-corrected chi connectivity index (χ2v) is 8.57. The van der Waals surface area contributed by atoms with Gasteiger partial charge in [0.05, 0.1) is 49.6 Å². The molecule has 0 saturated heterocycles. The van der Waals surface area contributed by atoms with Crippen molar-refractivity contribution in [2.75, 3.05) is 26.4 Å². The first-order chi connectivity index (χ1) is 12.2. The van der Waals surface area contributed by atoms with E-state index >= 15 is 0 Å². The largest absolute Gasteiger partial charge is 0.394 e. The van der Waals surface area contributed by atoms with E-state index in [1.54, 1.807) is 6.07 Å². The number of carbonyl (C=O) groups excluding carboxylic acids is 2. The molecule has 0 aliphatic rings. The maximum absolute atomic E-state index is 12.7. The number of nitrogens with one attached hydrogen (secondary N) is 1. The molecule has 12 heteroatoms. The van der Waals surface area contributed by atoms with Gasteiger partial charge in [-0.05, 0) is 73.8 Å². The summed E-state index contributed by atoms with van der Waals surface area (Å²) in [6, 6.07) is -0.176. The first kappa shape index (κ1) is 24.2. The average Bonchev–Trinajstić information content (AvgIpc) is 2.59. The van der Waals surface area contributed by atoms with Crippen LogP contribution in [0.25, 0.3) is 0 Å². The zero-order valence-electron chi connectivity index (χ0n) is 13.3. The maximum Gasteiger partial charge on any atom is 0.270 e. The van der Waals surface area contributed by atoms with Crippen molar-refractivity contribution in [3.63, 3.8) is 0 Å². The van der Waals surface area contributed by atoms with E-state index in [1.165, 1.54) is 0 Å². The number of halogens is 3. The van der Waals surface area contributed by atoms with Crippen LogP contribution >= 0.6 is 67.8 Å². The number of hydrogen-bond acceptors (Lipinski definition) is 7. The molecule has 0 aromatic heterocycles. The molecule has 0 unspecified atom stereocenters. The van der Waals surface area contributed by atoms with E-state index in [4.69, 9.17) is 16.1 Å². The van der Waals surface area contributed by atoms with Gasteiger partial charge in [-0.2, -0.15) is 0 Å². The van der Waals surface area contributed by atoms with E-state index in [0.29, 0.717) is 10.7 Å². The Labute approximate surface area is 190 Å². The molecule has 0 fully saturated rings. The quantitative estimate of drug-likeness (QED) is 0.0901. The van der Waals surface area contributed by atoms with Crippen molar-refractivity contribution in [3.8, 4) is 0 Å². The van der Waals surface area contributed by atoms with Crippen molar-refractivity contribution < 1.29 is 30.0 Å². The van der Waals surface area contributed by atoms with Crippen LogP contribution in [0.5, 0.6) is 0 Å². The number of carbonyl (C=O) groups is 2. The molecule has 146 valence electrons. The first-order valence-electron chi connectivity index (χ1n) is 7.23. The lowest BCUT2D eigenvalue weighted by atomic mass is 10.1. The predicted molar refractivity (Wildman–Crippen MR) is 118 cm³/mol. The molecule has 0 saturated carbocycles. The number of nitrogens with zero attached hydrogens (tertiary/aromatic N) is 1. The summed E-state index contributed by atoms with van der Waals surface area (Å²) in [6.45, 7) is -1.90. The molecule has 1 aromatic carbocycles. The van der Waals surface area contributed by atoms with Crippen LogP contribution in [0.3, 0.4) is 0 Å². The van der Waals surface area contributed by atoms with Gasteiger partial charge in [-0.25, -0.2) is 5.84 Å². The number of hydrogen-bond donors (Lipinski definition) is 6. The summed E-state index contributed by atoms with van der Waals surface area (Å²) in [5.41, 5.74) is 0.371. The van der Waals surface area contributed by atoms with Crippen molar-refractivity contribution in [1.82, 2.24) is 10.3 Å². The highest BCUT2D eigenvalue weighted by Crippen LogP contribution is 2.29. The summed E-state index contributed by atoms with van der Waals surface area (Å²) in [7, 11) is 0. The van der Waals surface area contributed by atoms with Crippen LogP contribution in [0.4, 0.5) is 0 Å². The number of benzene rings is 1. The predicted octanol–water partition coefficient (Wildman–Crippen LogP) is -0.747. The zero-order chi connectivity index (χ0) is 20.0. The monoisotopic (exact) mass is 705 g/mol. The van der Waals surface area contributed by atoms with E-state index in [0.717, 1.165) is 5.01 Å². The smallest absolute Gasteiger partial charge is 0.270 e. The Hall–Kier alpha value is 0.150. The Balaban J connectivity index is 3.35. The summed E-state index contributed by atoms with van der Waals surface area (Å²) in [5, 5.41) is 39.9. The van der Waals surface area contributed by atoms with Crippen molar-refractivity contribution in [2.45, 2.75) is 12.1 Å². The fraction of sp³-hybridized carbons (Fsp3) is 0.429. The normalized spacial score (nSPS) is 11.2. The molecule has 0 aliphatic heterocycles. The molecule has 0 aliphatic carbocycles. The van der Waals surface area contributed by atoms with Gasteiger partial charge in [0.25, 0.3) is 11.8 Å². The Kier molecular flexibility index (Phi) is 10.4. The van der Waals surface area contributed by atoms with Gasteiger partial charge in [-0.1, -0.05) is 0 Å². The second-order valence-electron chi connectivity index (χ2n) is 5.17. The van der Waals surface area contributed by atoms with Gasteiger partial charge in [0, 0.05) is 10.7 Å². The fourth-order valence-corrected chi connectivity index (χ4v) is 6.25. The third-order valence-electron chi connectivity index (χ3n) is 3.44. The highest BCUT2D eigenvalue weighted by molar-refractivity contribution is 14.1. The van der Waals surface area contributed by atoms with E-state index in [2.05, 4.69) is 5.32 Å². The first-order valence-corrected chi connectivity index (χ1v) is 10.5. The van der Waals surface area contributed by atoms with E-state index in [1.807, 2.05) is 67.8 Å². The van der Waals surface area contributed by atoms with Gasteiger partial charge in [-0.3, -0.25) is 14.6 Å². The lowest BCUT2D eigenvalue weighted by molar-refractivity contribution is 0.0458. The highest BCUT2D eigenvalue weighted by atomic mass is 127. The van der Waals surface area contributed by atoms with Crippen LogP contribution in [0.1, 0.15) is 20.7 Å². The minimum absolute atomic E-state index is 0.163. The van der Waals surface area contributed by atoms with Crippen LogP contribution < -0.4 is 11.2 Å². The standard InChI is InChI=1S/C14H18I3N3O6/c15-8-1-9(16)11(14(26)20(18)7(4-23)5-24)12(17)10(8)13(25)19-6(2-21)3-22/h1,6-7,21-24H,2-5,18H2,(H,19,25). The van der Waals surface area contributed by atoms with Gasteiger partial charge < -0.3 is 25.7 Å². The Morgan fingerprint density at radius 2 is 1.50 bits per heavy atom.